The highest BCUT2D eigenvalue weighted by Gasteiger charge is 2.10. The Hall–Kier alpha value is -2.27. The predicted molar refractivity (Wildman–Crippen MR) is 94.9 cm³/mol. The number of benzene rings is 2. The van der Waals surface area contributed by atoms with E-state index in [1.807, 2.05) is 24.3 Å². The van der Waals surface area contributed by atoms with Gasteiger partial charge in [0.05, 0.1) is 0 Å². The molecule has 3 rings (SSSR count). The summed E-state index contributed by atoms with van der Waals surface area (Å²) in [6.07, 6.45) is 2.87. The Bertz CT molecular complexity index is 725. The molecule has 0 bridgehead atoms. The molecule has 118 valence electrons. The molecule has 0 aliphatic heterocycles. The highest BCUT2D eigenvalue weighted by Crippen LogP contribution is 2.18. The van der Waals surface area contributed by atoms with Crippen LogP contribution in [0.5, 0.6) is 0 Å². The van der Waals surface area contributed by atoms with Gasteiger partial charge in [0.2, 0.25) is 5.16 Å². The Labute approximate surface area is 140 Å². The van der Waals surface area contributed by atoms with Gasteiger partial charge in [-0.3, -0.25) is 0 Å². The molecule has 0 aliphatic carbocycles. The normalized spacial score (nSPS) is 10.8. The first-order chi connectivity index (χ1) is 11.3. The number of nitrogens with two attached hydrogens (primary N) is 1. The van der Waals surface area contributed by atoms with Crippen LogP contribution in [0.1, 0.15) is 23.4 Å². The second kappa shape index (κ2) is 7.83. The maximum Gasteiger partial charge on any atom is 0.209 e. The SMILES string of the molecule is Nn1c(Cc2ccccc2)nnc1SCCCc1ccccc1. The molecule has 23 heavy (non-hydrogen) atoms. The van der Waals surface area contributed by atoms with Crippen molar-refractivity contribution in [2.24, 2.45) is 0 Å². The van der Waals surface area contributed by atoms with Crippen LogP contribution < -0.4 is 5.84 Å². The third-order valence-electron chi connectivity index (χ3n) is 3.62. The van der Waals surface area contributed by atoms with Crippen molar-refractivity contribution in [2.75, 3.05) is 11.6 Å². The Morgan fingerprint density at radius 1 is 0.870 bits per heavy atom. The monoisotopic (exact) mass is 324 g/mol. The third-order valence-corrected chi connectivity index (χ3v) is 4.65. The molecule has 4 nitrogen and oxygen atoms in total. The van der Waals surface area contributed by atoms with Gasteiger partial charge in [-0.05, 0) is 24.0 Å². The Morgan fingerprint density at radius 3 is 2.22 bits per heavy atom. The minimum absolute atomic E-state index is 0.703. The van der Waals surface area contributed by atoms with Gasteiger partial charge < -0.3 is 5.84 Å². The second-order valence-corrected chi connectivity index (χ2v) is 6.43. The number of aromatic nitrogens is 3. The third kappa shape index (κ3) is 4.36. The number of nitrogens with zero attached hydrogens (tertiary/aromatic N) is 3. The smallest absolute Gasteiger partial charge is 0.209 e. The van der Waals surface area contributed by atoms with Gasteiger partial charge in [-0.25, -0.2) is 4.68 Å². The first-order valence-corrected chi connectivity index (χ1v) is 8.71. The molecule has 2 N–H and O–H groups in total. The summed E-state index contributed by atoms with van der Waals surface area (Å²) >= 11 is 1.66. The standard InChI is InChI=1S/C18H20N4S/c19-22-17(14-16-10-5-2-6-11-16)20-21-18(22)23-13-7-12-15-8-3-1-4-9-15/h1-6,8-11H,7,12-14,19H2. The van der Waals surface area contributed by atoms with E-state index >= 15 is 0 Å². The molecule has 0 saturated heterocycles. The summed E-state index contributed by atoms with van der Waals surface area (Å²) in [7, 11) is 0. The summed E-state index contributed by atoms with van der Waals surface area (Å²) in [6, 6.07) is 20.7. The predicted octanol–water partition coefficient (Wildman–Crippen LogP) is 3.31. The summed E-state index contributed by atoms with van der Waals surface area (Å²) in [4.78, 5) is 0. The lowest BCUT2D eigenvalue weighted by atomic mass is 10.1. The van der Waals surface area contributed by atoms with Gasteiger partial charge in [0.15, 0.2) is 5.82 Å². The van der Waals surface area contributed by atoms with Crippen LogP contribution in [0.2, 0.25) is 0 Å². The first-order valence-electron chi connectivity index (χ1n) is 7.73. The van der Waals surface area contributed by atoms with Crippen LogP contribution in [0.4, 0.5) is 0 Å². The molecule has 3 aromatic rings. The topological polar surface area (TPSA) is 56.7 Å². The summed E-state index contributed by atoms with van der Waals surface area (Å²) < 4.78 is 1.61. The molecule has 0 unspecified atom stereocenters. The van der Waals surface area contributed by atoms with Crippen molar-refractivity contribution in [2.45, 2.75) is 24.4 Å². The van der Waals surface area contributed by atoms with E-state index in [0.717, 1.165) is 29.6 Å². The van der Waals surface area contributed by atoms with Crippen molar-refractivity contribution in [1.82, 2.24) is 14.9 Å². The molecule has 0 amide bonds. The van der Waals surface area contributed by atoms with E-state index in [0.29, 0.717) is 6.42 Å². The lowest BCUT2D eigenvalue weighted by molar-refractivity contribution is 0.803. The lowest BCUT2D eigenvalue weighted by Crippen LogP contribution is -2.14. The van der Waals surface area contributed by atoms with Crippen LogP contribution in [0.3, 0.4) is 0 Å². The van der Waals surface area contributed by atoms with Crippen LogP contribution >= 0.6 is 11.8 Å². The minimum atomic E-state index is 0.703. The molecular formula is C18H20N4S. The zero-order chi connectivity index (χ0) is 15.9. The zero-order valence-electron chi connectivity index (χ0n) is 12.9. The molecule has 0 saturated carbocycles. The quantitative estimate of drug-likeness (QED) is 0.411. The summed E-state index contributed by atoms with van der Waals surface area (Å²) in [5, 5.41) is 9.20. The van der Waals surface area contributed by atoms with Crippen molar-refractivity contribution in [3.63, 3.8) is 0 Å². The van der Waals surface area contributed by atoms with E-state index in [4.69, 9.17) is 5.84 Å². The highest BCUT2D eigenvalue weighted by molar-refractivity contribution is 7.99. The molecule has 1 aromatic heterocycles. The van der Waals surface area contributed by atoms with Crippen molar-refractivity contribution in [3.05, 3.63) is 77.6 Å². The largest absolute Gasteiger partial charge is 0.336 e. The van der Waals surface area contributed by atoms with E-state index in [1.54, 1.807) is 16.4 Å². The van der Waals surface area contributed by atoms with Crippen molar-refractivity contribution >= 4 is 11.8 Å². The fraction of sp³-hybridized carbons (Fsp3) is 0.222. The fourth-order valence-electron chi connectivity index (χ4n) is 2.39. The molecule has 1 heterocycles. The Kier molecular flexibility index (Phi) is 5.32. The lowest BCUT2D eigenvalue weighted by Gasteiger charge is -2.04. The van der Waals surface area contributed by atoms with E-state index in [9.17, 15) is 0 Å². The minimum Gasteiger partial charge on any atom is -0.336 e. The van der Waals surface area contributed by atoms with Crippen molar-refractivity contribution in [3.8, 4) is 0 Å². The van der Waals surface area contributed by atoms with Gasteiger partial charge in [0, 0.05) is 12.2 Å². The summed E-state index contributed by atoms with van der Waals surface area (Å²) in [5.41, 5.74) is 2.55. The van der Waals surface area contributed by atoms with Gasteiger partial charge in [0.25, 0.3) is 0 Å². The Balaban J connectivity index is 1.51. The molecule has 0 fully saturated rings. The second-order valence-electron chi connectivity index (χ2n) is 5.37. The van der Waals surface area contributed by atoms with Crippen molar-refractivity contribution < 1.29 is 0 Å². The molecular weight excluding hydrogens is 304 g/mol. The summed E-state index contributed by atoms with van der Waals surface area (Å²) in [5.74, 6) is 7.89. The number of rotatable bonds is 7. The van der Waals surface area contributed by atoms with E-state index < -0.39 is 0 Å². The van der Waals surface area contributed by atoms with Gasteiger partial charge in [0.1, 0.15) is 0 Å². The van der Waals surface area contributed by atoms with E-state index in [2.05, 4.69) is 46.6 Å². The molecule has 0 spiro atoms. The van der Waals surface area contributed by atoms with Crippen LogP contribution in [-0.4, -0.2) is 20.6 Å². The average molecular weight is 324 g/mol. The van der Waals surface area contributed by atoms with Gasteiger partial charge in [-0.15, -0.1) is 10.2 Å². The van der Waals surface area contributed by atoms with Gasteiger partial charge >= 0.3 is 0 Å². The number of thioether (sulfide) groups is 1. The first kappa shape index (κ1) is 15.6. The molecule has 0 atom stereocenters. The fourth-order valence-corrected chi connectivity index (χ4v) is 3.20. The van der Waals surface area contributed by atoms with E-state index in [-0.39, 0.29) is 0 Å². The summed E-state index contributed by atoms with van der Waals surface area (Å²) in [6.45, 7) is 0. The average Bonchev–Trinajstić information content (AvgIpc) is 2.94. The van der Waals surface area contributed by atoms with Crippen LogP contribution in [-0.2, 0) is 12.8 Å². The number of aryl methyl sites for hydroxylation is 1. The van der Waals surface area contributed by atoms with Crippen LogP contribution in [0, 0.1) is 0 Å². The molecule has 0 aliphatic rings. The maximum atomic E-state index is 6.12. The molecule has 0 radical (unpaired) electrons. The molecule has 5 heteroatoms. The maximum absolute atomic E-state index is 6.12. The van der Waals surface area contributed by atoms with Crippen molar-refractivity contribution in [1.29, 1.82) is 0 Å². The zero-order valence-corrected chi connectivity index (χ0v) is 13.7. The number of hydrogen-bond acceptors (Lipinski definition) is 4. The molecule has 2 aromatic carbocycles. The van der Waals surface area contributed by atoms with Crippen LogP contribution in [0.15, 0.2) is 65.8 Å². The Morgan fingerprint density at radius 2 is 1.52 bits per heavy atom. The van der Waals surface area contributed by atoms with Crippen LogP contribution in [0.25, 0.3) is 0 Å². The number of nitrogen functional groups attached to an aromatic ring is 1. The highest BCUT2D eigenvalue weighted by atomic mass is 32.2. The van der Waals surface area contributed by atoms with Gasteiger partial charge in [-0.1, -0.05) is 72.4 Å². The van der Waals surface area contributed by atoms with E-state index in [1.165, 1.54) is 11.1 Å². The number of hydrogen-bond donors (Lipinski definition) is 1. The van der Waals surface area contributed by atoms with Gasteiger partial charge in [-0.2, -0.15) is 0 Å².